The second-order valence-electron chi connectivity index (χ2n) is 6.06. The minimum absolute atomic E-state index is 0.818. The molecule has 108 valence electrons. The van der Waals surface area contributed by atoms with Crippen molar-refractivity contribution in [1.82, 2.24) is 0 Å². The van der Waals surface area contributed by atoms with Gasteiger partial charge in [0.15, 0.2) is 0 Å². The fraction of sp³-hybridized carbons (Fsp3) is 0.500. The second kappa shape index (κ2) is 4.93. The number of aliphatic carboxylic acids is 2. The van der Waals surface area contributed by atoms with Crippen LogP contribution in [0.2, 0.25) is 0 Å². The zero-order valence-corrected chi connectivity index (χ0v) is 11.8. The van der Waals surface area contributed by atoms with E-state index in [0.717, 1.165) is 36.8 Å². The van der Waals surface area contributed by atoms with Gasteiger partial charge < -0.3 is 10.2 Å². The summed E-state index contributed by atoms with van der Waals surface area (Å²) in [6, 6.07) is 0. The van der Waals surface area contributed by atoms with E-state index in [2.05, 4.69) is 0 Å². The predicted octanol–water partition coefficient (Wildman–Crippen LogP) is 3.16. The van der Waals surface area contributed by atoms with E-state index in [0.29, 0.717) is 0 Å². The van der Waals surface area contributed by atoms with E-state index in [-0.39, 0.29) is 0 Å². The summed E-state index contributed by atoms with van der Waals surface area (Å²) in [7, 11) is 0. The van der Waals surface area contributed by atoms with Crippen LogP contribution in [-0.2, 0) is 9.59 Å². The normalized spacial score (nSPS) is 37.5. The molecule has 1 fully saturated rings. The third-order valence-corrected chi connectivity index (χ3v) is 4.20. The van der Waals surface area contributed by atoms with Gasteiger partial charge in [-0.05, 0) is 50.7 Å². The average Bonchev–Trinajstić information content (AvgIpc) is 2.37. The summed E-state index contributed by atoms with van der Waals surface area (Å²) in [4.78, 5) is 23.1. The molecule has 0 amide bonds. The third kappa shape index (κ3) is 2.55. The molecule has 2 unspecified atom stereocenters. The van der Waals surface area contributed by atoms with Gasteiger partial charge >= 0.3 is 11.9 Å². The molecule has 0 aliphatic heterocycles. The summed E-state index contributed by atoms with van der Waals surface area (Å²) in [6.07, 6.45) is 10.2. The van der Waals surface area contributed by atoms with Gasteiger partial charge in [-0.1, -0.05) is 24.3 Å². The van der Waals surface area contributed by atoms with Gasteiger partial charge in [-0.25, -0.2) is 0 Å². The predicted molar refractivity (Wildman–Crippen MR) is 75.3 cm³/mol. The molecule has 0 radical (unpaired) electrons. The average molecular weight is 276 g/mol. The van der Waals surface area contributed by atoms with Crippen molar-refractivity contribution in [3.63, 3.8) is 0 Å². The Kier molecular flexibility index (Phi) is 3.59. The minimum Gasteiger partial charge on any atom is -0.480 e. The highest BCUT2D eigenvalue weighted by Crippen LogP contribution is 2.39. The molecule has 20 heavy (non-hydrogen) atoms. The Bertz CT molecular complexity index is 493. The fourth-order valence-corrected chi connectivity index (χ4v) is 2.71. The standard InChI is InChI=1S/C16H20O4/c1-15(13(17)18)7-8-16(2,14(19)20)10-12-6-4-3-5-11(12)9-15/h7-10H,3-6H2,1-2H3,(H,17,18)(H,19,20)/b8-7-,11-9-,12-10?. The number of allylic oxidation sites excluding steroid dienone is 2. The van der Waals surface area contributed by atoms with Gasteiger partial charge in [0.2, 0.25) is 0 Å². The van der Waals surface area contributed by atoms with Crippen LogP contribution in [0.5, 0.6) is 0 Å². The number of carbonyl (C=O) groups is 2. The van der Waals surface area contributed by atoms with E-state index in [9.17, 15) is 19.8 Å². The number of carboxylic acids is 2. The Morgan fingerprint density at radius 2 is 1.25 bits per heavy atom. The van der Waals surface area contributed by atoms with Gasteiger partial charge in [-0.2, -0.15) is 0 Å². The van der Waals surface area contributed by atoms with Crippen LogP contribution in [0.3, 0.4) is 0 Å². The lowest BCUT2D eigenvalue weighted by atomic mass is 9.74. The number of rotatable bonds is 2. The molecule has 0 aromatic heterocycles. The summed E-state index contributed by atoms with van der Waals surface area (Å²) >= 11 is 0. The molecule has 2 N–H and O–H groups in total. The first-order valence-electron chi connectivity index (χ1n) is 6.88. The smallest absolute Gasteiger partial charge is 0.317 e. The van der Waals surface area contributed by atoms with Crippen LogP contribution < -0.4 is 0 Å². The molecule has 0 bridgehead atoms. The minimum atomic E-state index is -1.15. The van der Waals surface area contributed by atoms with Crippen LogP contribution >= 0.6 is 0 Å². The lowest BCUT2D eigenvalue weighted by Gasteiger charge is -2.29. The summed E-state index contributed by atoms with van der Waals surface area (Å²) in [5, 5.41) is 18.9. The van der Waals surface area contributed by atoms with Crippen LogP contribution in [0.15, 0.2) is 35.5 Å². The maximum absolute atomic E-state index is 11.5. The van der Waals surface area contributed by atoms with E-state index in [4.69, 9.17) is 0 Å². The third-order valence-electron chi connectivity index (χ3n) is 4.20. The molecule has 0 saturated heterocycles. The Morgan fingerprint density at radius 1 is 0.900 bits per heavy atom. The first kappa shape index (κ1) is 14.6. The fourth-order valence-electron chi connectivity index (χ4n) is 2.71. The molecule has 4 nitrogen and oxygen atoms in total. The Morgan fingerprint density at radius 3 is 1.55 bits per heavy atom. The molecule has 2 atom stereocenters. The summed E-state index contributed by atoms with van der Waals surface area (Å²) in [5.74, 6) is -1.92. The molecule has 0 heterocycles. The van der Waals surface area contributed by atoms with E-state index in [1.54, 1.807) is 26.0 Å². The van der Waals surface area contributed by atoms with Crippen molar-refractivity contribution in [2.75, 3.05) is 0 Å². The highest BCUT2D eigenvalue weighted by molar-refractivity contribution is 5.83. The molecular weight excluding hydrogens is 256 g/mol. The van der Waals surface area contributed by atoms with Crippen molar-refractivity contribution in [2.45, 2.75) is 39.5 Å². The van der Waals surface area contributed by atoms with Gasteiger partial charge in [0.05, 0.1) is 0 Å². The number of hydrogen-bond acceptors (Lipinski definition) is 2. The van der Waals surface area contributed by atoms with Crippen LogP contribution in [0.25, 0.3) is 0 Å². The highest BCUT2D eigenvalue weighted by Gasteiger charge is 2.36. The van der Waals surface area contributed by atoms with Gasteiger partial charge in [0.25, 0.3) is 0 Å². The van der Waals surface area contributed by atoms with Crippen LogP contribution in [0.4, 0.5) is 0 Å². The number of hydrogen-bond donors (Lipinski definition) is 2. The quantitative estimate of drug-likeness (QED) is 0.760. The van der Waals surface area contributed by atoms with Crippen molar-refractivity contribution in [3.05, 3.63) is 35.5 Å². The Balaban J connectivity index is 2.62. The number of fused-ring (bicyclic) bond motifs is 1. The Labute approximate surface area is 118 Å². The summed E-state index contributed by atoms with van der Waals surface area (Å²) in [5.41, 5.74) is -0.331. The molecule has 1 saturated carbocycles. The van der Waals surface area contributed by atoms with Crippen LogP contribution in [-0.4, -0.2) is 22.2 Å². The second-order valence-corrected chi connectivity index (χ2v) is 6.06. The van der Waals surface area contributed by atoms with E-state index in [1.807, 2.05) is 0 Å². The van der Waals surface area contributed by atoms with Gasteiger partial charge in [0.1, 0.15) is 10.8 Å². The van der Waals surface area contributed by atoms with Crippen molar-refractivity contribution in [2.24, 2.45) is 10.8 Å². The zero-order valence-electron chi connectivity index (χ0n) is 11.8. The van der Waals surface area contributed by atoms with Crippen molar-refractivity contribution in [3.8, 4) is 0 Å². The highest BCUT2D eigenvalue weighted by atomic mass is 16.4. The first-order valence-corrected chi connectivity index (χ1v) is 6.88. The van der Waals surface area contributed by atoms with E-state index >= 15 is 0 Å². The Hall–Kier alpha value is -1.84. The molecule has 0 aromatic rings. The van der Waals surface area contributed by atoms with Gasteiger partial charge in [0, 0.05) is 0 Å². The maximum Gasteiger partial charge on any atom is 0.317 e. The zero-order chi connectivity index (χ0) is 15.0. The summed E-state index contributed by atoms with van der Waals surface area (Å²) in [6.45, 7) is 3.22. The molecular formula is C16H20O4. The lowest BCUT2D eigenvalue weighted by molar-refractivity contribution is -0.144. The maximum atomic E-state index is 11.5. The largest absolute Gasteiger partial charge is 0.480 e. The van der Waals surface area contributed by atoms with Gasteiger partial charge in [-0.15, -0.1) is 0 Å². The monoisotopic (exact) mass is 276 g/mol. The van der Waals surface area contributed by atoms with Crippen LogP contribution in [0.1, 0.15) is 39.5 Å². The van der Waals surface area contributed by atoms with Gasteiger partial charge in [-0.3, -0.25) is 9.59 Å². The molecule has 0 spiro atoms. The topological polar surface area (TPSA) is 74.6 Å². The lowest BCUT2D eigenvalue weighted by Crippen LogP contribution is -2.29. The van der Waals surface area contributed by atoms with E-state index < -0.39 is 22.8 Å². The van der Waals surface area contributed by atoms with Crippen molar-refractivity contribution < 1.29 is 19.8 Å². The summed E-state index contributed by atoms with van der Waals surface area (Å²) < 4.78 is 0. The van der Waals surface area contributed by atoms with Crippen molar-refractivity contribution in [1.29, 1.82) is 0 Å². The van der Waals surface area contributed by atoms with E-state index in [1.165, 1.54) is 12.2 Å². The molecule has 2 aliphatic rings. The molecule has 4 heteroatoms. The van der Waals surface area contributed by atoms with Crippen molar-refractivity contribution >= 4 is 11.9 Å². The van der Waals surface area contributed by atoms with Crippen LogP contribution in [0, 0.1) is 10.8 Å². The molecule has 0 aromatic carbocycles. The molecule has 2 rings (SSSR count). The number of carboxylic acid groups (broad SMARTS) is 2. The SMILES string of the molecule is CC1(C(=O)O)C=C2CCCC/C2=C/C(C)(C(=O)O)/C=C\1. The first-order chi connectivity index (χ1) is 9.27. The molecule has 2 aliphatic carbocycles.